The standard InChI is InChI=1S/C14H9NO6/c15-14(20)6-1-2-8-11(12(6)18)13(19)10-7(17)3-5(16)4-9(10)21-8/h1-4,16-18H,(H2,15,20). The zero-order chi connectivity index (χ0) is 15.3. The van der Waals surface area contributed by atoms with Gasteiger partial charge < -0.3 is 25.5 Å². The van der Waals surface area contributed by atoms with Gasteiger partial charge in [0.2, 0.25) is 5.43 Å². The lowest BCUT2D eigenvalue weighted by Gasteiger charge is -2.07. The van der Waals surface area contributed by atoms with Gasteiger partial charge in [0.25, 0.3) is 5.91 Å². The molecule has 0 aliphatic heterocycles. The van der Waals surface area contributed by atoms with E-state index < -0.39 is 22.8 Å². The molecule has 7 nitrogen and oxygen atoms in total. The molecule has 5 N–H and O–H groups in total. The van der Waals surface area contributed by atoms with Crippen molar-refractivity contribution in [3.05, 3.63) is 40.1 Å². The van der Waals surface area contributed by atoms with Gasteiger partial charge in [0, 0.05) is 12.1 Å². The van der Waals surface area contributed by atoms with E-state index in [1.54, 1.807) is 0 Å². The van der Waals surface area contributed by atoms with Crippen LogP contribution in [-0.4, -0.2) is 21.2 Å². The molecule has 106 valence electrons. The number of carbonyl (C=O) groups excluding carboxylic acids is 1. The smallest absolute Gasteiger partial charge is 0.252 e. The van der Waals surface area contributed by atoms with Crippen LogP contribution in [0.15, 0.2) is 33.5 Å². The van der Waals surface area contributed by atoms with Crippen molar-refractivity contribution >= 4 is 27.8 Å². The van der Waals surface area contributed by atoms with Gasteiger partial charge in [-0.3, -0.25) is 9.59 Å². The summed E-state index contributed by atoms with van der Waals surface area (Å²) in [7, 11) is 0. The number of phenols is 3. The van der Waals surface area contributed by atoms with Crippen LogP contribution < -0.4 is 11.2 Å². The van der Waals surface area contributed by atoms with Crippen molar-refractivity contribution in [1.29, 1.82) is 0 Å². The van der Waals surface area contributed by atoms with Crippen molar-refractivity contribution in [2.45, 2.75) is 0 Å². The Hall–Kier alpha value is -3.22. The van der Waals surface area contributed by atoms with Crippen LogP contribution in [0.3, 0.4) is 0 Å². The minimum atomic E-state index is -0.899. The average Bonchev–Trinajstić information content (AvgIpc) is 2.36. The quantitative estimate of drug-likeness (QED) is 0.496. The average molecular weight is 287 g/mol. The van der Waals surface area contributed by atoms with Crippen LogP contribution in [0.25, 0.3) is 21.9 Å². The Kier molecular flexibility index (Phi) is 2.52. The van der Waals surface area contributed by atoms with E-state index in [0.717, 1.165) is 12.1 Å². The predicted molar refractivity (Wildman–Crippen MR) is 73.5 cm³/mol. The summed E-state index contributed by atoms with van der Waals surface area (Å²) in [5.74, 6) is -2.28. The first-order valence-electron chi connectivity index (χ1n) is 5.84. The first-order chi connectivity index (χ1) is 9.90. The Labute approximate surface area is 116 Å². The van der Waals surface area contributed by atoms with Crippen molar-refractivity contribution in [1.82, 2.24) is 0 Å². The van der Waals surface area contributed by atoms with E-state index in [4.69, 9.17) is 10.2 Å². The summed E-state index contributed by atoms with van der Waals surface area (Å²) < 4.78 is 5.37. The van der Waals surface area contributed by atoms with E-state index in [9.17, 15) is 24.9 Å². The topological polar surface area (TPSA) is 134 Å². The predicted octanol–water partition coefficient (Wildman–Crippen LogP) is 1.16. The van der Waals surface area contributed by atoms with Gasteiger partial charge in [-0.25, -0.2) is 0 Å². The highest BCUT2D eigenvalue weighted by Crippen LogP contribution is 2.33. The zero-order valence-electron chi connectivity index (χ0n) is 10.5. The molecule has 0 saturated heterocycles. The number of carbonyl (C=O) groups is 1. The number of hydrogen-bond acceptors (Lipinski definition) is 6. The maximum atomic E-state index is 12.4. The van der Waals surface area contributed by atoms with Crippen LogP contribution in [0, 0.1) is 0 Å². The number of rotatable bonds is 1. The molecular weight excluding hydrogens is 278 g/mol. The van der Waals surface area contributed by atoms with Crippen LogP contribution in [0.5, 0.6) is 17.2 Å². The first kappa shape index (κ1) is 12.8. The molecule has 7 heteroatoms. The summed E-state index contributed by atoms with van der Waals surface area (Å²) in [5.41, 5.74) is 4.10. The summed E-state index contributed by atoms with van der Waals surface area (Å²) >= 11 is 0. The third-order valence-electron chi connectivity index (χ3n) is 3.15. The molecule has 0 fully saturated rings. The Bertz CT molecular complexity index is 973. The maximum Gasteiger partial charge on any atom is 0.252 e. The van der Waals surface area contributed by atoms with Gasteiger partial charge in [-0.15, -0.1) is 0 Å². The molecule has 3 aromatic rings. The molecule has 0 atom stereocenters. The Morgan fingerprint density at radius 2 is 1.76 bits per heavy atom. The lowest BCUT2D eigenvalue weighted by molar-refractivity contribution is 0.0998. The lowest BCUT2D eigenvalue weighted by atomic mass is 10.1. The second-order valence-corrected chi connectivity index (χ2v) is 4.47. The second-order valence-electron chi connectivity index (χ2n) is 4.47. The minimum Gasteiger partial charge on any atom is -0.508 e. The van der Waals surface area contributed by atoms with Gasteiger partial charge in [-0.05, 0) is 12.1 Å². The van der Waals surface area contributed by atoms with Crippen molar-refractivity contribution < 1.29 is 24.5 Å². The summed E-state index contributed by atoms with van der Waals surface area (Å²) in [4.78, 5) is 23.6. The highest BCUT2D eigenvalue weighted by atomic mass is 16.3. The van der Waals surface area contributed by atoms with Crippen molar-refractivity contribution in [2.75, 3.05) is 0 Å². The van der Waals surface area contributed by atoms with Gasteiger partial charge in [0.15, 0.2) is 0 Å². The summed E-state index contributed by atoms with van der Waals surface area (Å²) in [5, 5.41) is 28.7. The second kappa shape index (κ2) is 4.14. The fourth-order valence-corrected chi connectivity index (χ4v) is 2.21. The van der Waals surface area contributed by atoms with E-state index in [1.807, 2.05) is 0 Å². The van der Waals surface area contributed by atoms with Crippen LogP contribution in [-0.2, 0) is 0 Å². The molecule has 0 radical (unpaired) electrons. The largest absolute Gasteiger partial charge is 0.508 e. The molecule has 1 aromatic heterocycles. The monoisotopic (exact) mass is 287 g/mol. The van der Waals surface area contributed by atoms with Crippen LogP contribution >= 0.6 is 0 Å². The number of hydrogen-bond donors (Lipinski definition) is 4. The Morgan fingerprint density at radius 1 is 1.05 bits per heavy atom. The SMILES string of the molecule is NC(=O)c1ccc2oc3cc(O)cc(O)c3c(=O)c2c1O. The molecule has 1 heterocycles. The molecule has 0 spiro atoms. The molecule has 2 aromatic carbocycles. The Morgan fingerprint density at radius 3 is 2.43 bits per heavy atom. The molecule has 0 aliphatic rings. The first-order valence-corrected chi connectivity index (χ1v) is 5.84. The van der Waals surface area contributed by atoms with Gasteiger partial charge in [0.05, 0.1) is 5.56 Å². The number of aromatic hydroxyl groups is 3. The Balaban J connectivity index is 2.58. The minimum absolute atomic E-state index is 0.000000000000000222. The molecule has 0 bridgehead atoms. The number of fused-ring (bicyclic) bond motifs is 2. The van der Waals surface area contributed by atoms with Gasteiger partial charge in [0.1, 0.15) is 39.2 Å². The van der Waals surface area contributed by atoms with Crippen molar-refractivity contribution in [2.24, 2.45) is 5.73 Å². The third kappa shape index (κ3) is 1.75. The van der Waals surface area contributed by atoms with E-state index in [1.165, 1.54) is 12.1 Å². The number of phenolic OH excluding ortho intramolecular Hbond substituents is 2. The maximum absolute atomic E-state index is 12.4. The molecule has 0 saturated carbocycles. The fraction of sp³-hybridized carbons (Fsp3) is 0. The van der Waals surface area contributed by atoms with Crippen LogP contribution in [0.4, 0.5) is 0 Å². The van der Waals surface area contributed by atoms with Gasteiger partial charge in [-0.2, -0.15) is 0 Å². The zero-order valence-corrected chi connectivity index (χ0v) is 10.5. The molecule has 3 rings (SSSR count). The summed E-state index contributed by atoms with van der Waals surface area (Å²) in [6.45, 7) is 0. The molecule has 21 heavy (non-hydrogen) atoms. The van der Waals surface area contributed by atoms with E-state index in [2.05, 4.69) is 0 Å². The molecule has 0 unspecified atom stereocenters. The summed E-state index contributed by atoms with van der Waals surface area (Å²) in [6, 6.07) is 4.66. The number of primary amides is 1. The van der Waals surface area contributed by atoms with Crippen molar-refractivity contribution in [3.63, 3.8) is 0 Å². The van der Waals surface area contributed by atoms with Crippen molar-refractivity contribution in [3.8, 4) is 17.2 Å². The van der Waals surface area contributed by atoms with E-state index in [-0.39, 0.29) is 33.3 Å². The lowest BCUT2D eigenvalue weighted by Crippen LogP contribution is -2.12. The third-order valence-corrected chi connectivity index (χ3v) is 3.15. The van der Waals surface area contributed by atoms with Gasteiger partial charge in [-0.1, -0.05) is 0 Å². The molecule has 1 amide bonds. The molecule has 0 aliphatic carbocycles. The highest BCUT2D eigenvalue weighted by molar-refractivity contribution is 6.04. The number of nitrogens with two attached hydrogens (primary N) is 1. The van der Waals surface area contributed by atoms with E-state index >= 15 is 0 Å². The fourth-order valence-electron chi connectivity index (χ4n) is 2.21. The van der Waals surface area contributed by atoms with Crippen LogP contribution in [0.2, 0.25) is 0 Å². The van der Waals surface area contributed by atoms with Gasteiger partial charge >= 0.3 is 0 Å². The number of amides is 1. The normalized spacial score (nSPS) is 11.0. The highest BCUT2D eigenvalue weighted by Gasteiger charge is 2.19. The molecular formula is C14H9NO6. The van der Waals surface area contributed by atoms with E-state index in [0.29, 0.717) is 0 Å². The number of benzene rings is 2. The summed E-state index contributed by atoms with van der Waals surface area (Å²) in [6.07, 6.45) is 0. The van der Waals surface area contributed by atoms with Crippen LogP contribution in [0.1, 0.15) is 10.4 Å².